The Bertz CT molecular complexity index is 1450. The number of carbonyl (C=O) groups is 1. The Morgan fingerprint density at radius 2 is 1.89 bits per heavy atom. The van der Waals surface area contributed by atoms with E-state index in [2.05, 4.69) is 9.98 Å². The zero-order valence-corrected chi connectivity index (χ0v) is 18.7. The normalized spacial score (nSPS) is 12.6. The summed E-state index contributed by atoms with van der Waals surface area (Å²) in [6, 6.07) is 4.92. The number of nitrogens with zero attached hydrogens (tertiary/aromatic N) is 4. The van der Waals surface area contributed by atoms with Gasteiger partial charge in [0.05, 0.1) is 32.4 Å². The van der Waals surface area contributed by atoms with E-state index in [4.69, 9.17) is 9.47 Å². The Morgan fingerprint density at radius 3 is 2.57 bits per heavy atom. The van der Waals surface area contributed by atoms with E-state index in [0.717, 1.165) is 16.7 Å². The maximum atomic E-state index is 13.7. The summed E-state index contributed by atoms with van der Waals surface area (Å²) in [4.78, 5) is 46.6. The number of ether oxygens (including phenoxy) is 2. The number of methoxy groups -OCH3 is 1. The van der Waals surface area contributed by atoms with Gasteiger partial charge in [-0.1, -0.05) is 0 Å². The van der Waals surface area contributed by atoms with Gasteiger partial charge in [0.2, 0.25) is 5.88 Å². The van der Waals surface area contributed by atoms with Crippen molar-refractivity contribution in [3.63, 3.8) is 0 Å². The fourth-order valence-corrected chi connectivity index (χ4v) is 3.66. The molecule has 0 unspecified atom stereocenters. The van der Waals surface area contributed by atoms with Crippen LogP contribution >= 0.6 is 0 Å². The zero-order chi connectivity index (χ0) is 25.3. The van der Waals surface area contributed by atoms with Crippen LogP contribution in [0.5, 0.6) is 11.6 Å². The average Bonchev–Trinajstić information content (AvgIpc) is 2.86. The Morgan fingerprint density at radius 1 is 1.17 bits per heavy atom. The van der Waals surface area contributed by atoms with Crippen LogP contribution in [0.3, 0.4) is 0 Å². The number of phenols is 1. The van der Waals surface area contributed by atoms with Gasteiger partial charge in [-0.05, 0) is 36.2 Å². The summed E-state index contributed by atoms with van der Waals surface area (Å²) >= 11 is 0. The van der Waals surface area contributed by atoms with Crippen molar-refractivity contribution in [1.82, 2.24) is 14.1 Å². The lowest BCUT2D eigenvalue weighted by Crippen LogP contribution is -2.46. The largest absolute Gasteiger partial charge is 0.503 e. The Kier molecular flexibility index (Phi) is 6.45. The molecule has 0 fully saturated rings. The second kappa shape index (κ2) is 9.49. The highest BCUT2D eigenvalue weighted by molar-refractivity contribution is 6.36. The molecule has 0 saturated heterocycles. The molecule has 1 N–H and O–H groups in total. The molecule has 2 aromatic heterocycles. The zero-order valence-electron chi connectivity index (χ0n) is 18.7. The average molecular weight is 486 g/mol. The number of fused-ring (bicyclic) bond motifs is 1. The minimum atomic E-state index is -1.22. The minimum Gasteiger partial charge on any atom is -0.503 e. The molecule has 0 radical (unpaired) electrons. The second-order valence-corrected chi connectivity index (χ2v) is 7.79. The number of esters is 1. The van der Waals surface area contributed by atoms with E-state index in [0.29, 0.717) is 17.1 Å². The van der Waals surface area contributed by atoms with E-state index in [-0.39, 0.29) is 36.5 Å². The van der Waals surface area contributed by atoms with E-state index in [9.17, 15) is 28.3 Å². The number of phenolic OH excluding ortho intramolecular Hbond substituents is 1. The summed E-state index contributed by atoms with van der Waals surface area (Å²) in [5.74, 6) is -3.96. The number of pyridine rings is 1. The van der Waals surface area contributed by atoms with Gasteiger partial charge >= 0.3 is 11.7 Å². The molecular formula is C23H20F2N4O6. The van der Waals surface area contributed by atoms with E-state index < -0.39 is 41.1 Å². The number of carbonyl (C=O) groups excluding carboxylic acids is 1. The number of rotatable bonds is 6. The van der Waals surface area contributed by atoms with Gasteiger partial charge in [-0.25, -0.2) is 23.4 Å². The van der Waals surface area contributed by atoms with Crippen molar-refractivity contribution in [3.05, 3.63) is 85.3 Å². The monoisotopic (exact) mass is 486 g/mol. The summed E-state index contributed by atoms with van der Waals surface area (Å²) in [6.07, 6.45) is 1.50. The number of aliphatic imine (C=N–C) groups is 1. The standard InChI is InChI=1S/C23H20F2N4O6/c1-12-18-8-27-17(22(32)35-11-13-3-4-26-19(7-13)34-2)10-28(18)23(33)29(21(12)31)9-14-5-15(24)20(30)16(25)6-14/h3-7,30H,8-11H2,1-2H3. The highest BCUT2D eigenvalue weighted by atomic mass is 19.1. The molecule has 0 aliphatic carbocycles. The lowest BCUT2D eigenvalue weighted by molar-refractivity contribution is -0.137. The summed E-state index contributed by atoms with van der Waals surface area (Å²) in [5.41, 5.74) is -0.302. The molecule has 12 heteroatoms. The molecule has 0 atom stereocenters. The van der Waals surface area contributed by atoms with Crippen molar-refractivity contribution in [2.75, 3.05) is 7.11 Å². The van der Waals surface area contributed by atoms with Crippen LogP contribution in [-0.4, -0.2) is 38.0 Å². The van der Waals surface area contributed by atoms with E-state index in [1.807, 2.05) is 0 Å². The van der Waals surface area contributed by atoms with E-state index in [1.165, 1.54) is 24.8 Å². The third kappa shape index (κ3) is 4.67. The quantitative estimate of drug-likeness (QED) is 0.523. The molecule has 10 nitrogen and oxygen atoms in total. The van der Waals surface area contributed by atoms with Gasteiger partial charge in [-0.2, -0.15) is 0 Å². The van der Waals surface area contributed by atoms with Crippen LogP contribution in [0.2, 0.25) is 0 Å². The molecule has 0 amide bonds. The molecule has 35 heavy (non-hydrogen) atoms. The SMILES string of the molecule is COc1cc(COC(=O)C2=NCc3c(C)c(=O)n(Cc4cc(F)c(O)c(F)c4)c(=O)n3C2)ccn1. The van der Waals surface area contributed by atoms with Crippen LogP contribution in [0, 0.1) is 18.6 Å². The first kappa shape index (κ1) is 23.8. The summed E-state index contributed by atoms with van der Waals surface area (Å²) in [6.45, 7) is 0.652. The number of halogens is 2. The van der Waals surface area contributed by atoms with Crippen molar-refractivity contribution >= 4 is 11.7 Å². The summed E-state index contributed by atoms with van der Waals surface area (Å²) in [5, 5.41) is 9.28. The number of hydrogen-bond donors (Lipinski definition) is 1. The third-order valence-electron chi connectivity index (χ3n) is 5.55. The first-order valence-electron chi connectivity index (χ1n) is 10.4. The summed E-state index contributed by atoms with van der Waals surface area (Å²) in [7, 11) is 1.46. The predicted octanol–water partition coefficient (Wildman–Crippen LogP) is 1.45. The molecule has 0 saturated carbocycles. The molecular weight excluding hydrogens is 466 g/mol. The molecule has 182 valence electrons. The van der Waals surface area contributed by atoms with Crippen molar-refractivity contribution in [3.8, 4) is 11.6 Å². The highest BCUT2D eigenvalue weighted by Gasteiger charge is 2.25. The van der Waals surface area contributed by atoms with Crippen LogP contribution in [0.15, 0.2) is 45.0 Å². The van der Waals surface area contributed by atoms with Crippen molar-refractivity contribution < 1.29 is 28.2 Å². The Balaban J connectivity index is 1.58. The lowest BCUT2D eigenvalue weighted by atomic mass is 10.1. The molecule has 1 aromatic carbocycles. The molecule has 3 heterocycles. The van der Waals surface area contributed by atoms with Crippen molar-refractivity contribution in [2.24, 2.45) is 4.99 Å². The van der Waals surface area contributed by atoms with Crippen LogP contribution in [0.1, 0.15) is 22.4 Å². The van der Waals surface area contributed by atoms with Gasteiger partial charge in [0.1, 0.15) is 12.3 Å². The summed E-state index contributed by atoms with van der Waals surface area (Å²) < 4.78 is 39.8. The first-order valence-corrected chi connectivity index (χ1v) is 10.4. The Labute approximate surface area is 196 Å². The maximum absolute atomic E-state index is 13.7. The van der Waals surface area contributed by atoms with Gasteiger partial charge in [-0.15, -0.1) is 0 Å². The van der Waals surface area contributed by atoms with Gasteiger partial charge < -0.3 is 14.6 Å². The van der Waals surface area contributed by atoms with Gasteiger partial charge in [0, 0.05) is 17.8 Å². The van der Waals surface area contributed by atoms with Gasteiger partial charge in [0.15, 0.2) is 17.4 Å². The van der Waals surface area contributed by atoms with Gasteiger partial charge in [0.25, 0.3) is 5.56 Å². The van der Waals surface area contributed by atoms with Crippen LogP contribution in [0.4, 0.5) is 8.78 Å². The number of hydrogen-bond acceptors (Lipinski definition) is 8. The number of benzene rings is 1. The van der Waals surface area contributed by atoms with Gasteiger partial charge in [-0.3, -0.25) is 18.9 Å². The first-order chi connectivity index (χ1) is 16.7. The van der Waals surface area contributed by atoms with Crippen molar-refractivity contribution in [2.45, 2.75) is 33.2 Å². The second-order valence-electron chi connectivity index (χ2n) is 7.79. The minimum absolute atomic E-state index is 0.0213. The third-order valence-corrected chi connectivity index (χ3v) is 5.55. The topological polar surface area (TPSA) is 125 Å². The molecule has 0 bridgehead atoms. The number of aromatic hydroxyl groups is 1. The fourth-order valence-electron chi connectivity index (χ4n) is 3.66. The van der Waals surface area contributed by atoms with Crippen LogP contribution in [-0.2, 0) is 35.8 Å². The fraction of sp³-hybridized carbons (Fsp3) is 0.261. The molecule has 1 aliphatic rings. The molecule has 4 rings (SSSR count). The van der Waals surface area contributed by atoms with Crippen molar-refractivity contribution in [1.29, 1.82) is 0 Å². The smallest absolute Gasteiger partial charge is 0.354 e. The molecule has 1 aliphatic heterocycles. The van der Waals surface area contributed by atoms with E-state index in [1.54, 1.807) is 12.1 Å². The molecule has 0 spiro atoms. The lowest BCUT2D eigenvalue weighted by Gasteiger charge is -2.21. The predicted molar refractivity (Wildman–Crippen MR) is 119 cm³/mol. The highest BCUT2D eigenvalue weighted by Crippen LogP contribution is 2.21. The molecule has 3 aromatic rings. The maximum Gasteiger partial charge on any atom is 0.354 e. The van der Waals surface area contributed by atoms with Crippen LogP contribution < -0.4 is 16.0 Å². The van der Waals surface area contributed by atoms with Crippen LogP contribution in [0.25, 0.3) is 0 Å². The number of aromatic nitrogens is 3. The van der Waals surface area contributed by atoms with E-state index >= 15 is 0 Å². The Hall–Kier alpha value is -4.35.